The van der Waals surface area contributed by atoms with Gasteiger partial charge in [-0.3, -0.25) is 0 Å². The maximum Gasteiger partial charge on any atom is 0.0193 e. The SMILES string of the molecule is C=CCCC(C)(C1=CC=CC1)C1c2ccccc2-c2ccccc21. The Kier molecular flexibility index (Phi) is 3.76. The molecule has 120 valence electrons. The highest BCUT2D eigenvalue weighted by atomic mass is 14.5. The second-order valence-electron chi connectivity index (χ2n) is 7.18. The average molecular weight is 312 g/mol. The van der Waals surface area contributed by atoms with E-state index in [-0.39, 0.29) is 5.41 Å². The van der Waals surface area contributed by atoms with Crippen LogP contribution >= 0.6 is 0 Å². The molecule has 0 amide bonds. The largest absolute Gasteiger partial charge is 0.103 e. The summed E-state index contributed by atoms with van der Waals surface area (Å²) in [6.07, 6.45) is 12.2. The fourth-order valence-corrected chi connectivity index (χ4v) is 4.60. The molecule has 0 saturated heterocycles. The molecule has 4 rings (SSSR count). The average Bonchev–Trinajstić information content (AvgIpc) is 3.26. The molecule has 0 saturated carbocycles. The van der Waals surface area contributed by atoms with Crippen LogP contribution < -0.4 is 0 Å². The second-order valence-corrected chi connectivity index (χ2v) is 7.18. The van der Waals surface area contributed by atoms with E-state index in [1.807, 2.05) is 0 Å². The molecule has 1 atom stereocenters. The summed E-state index contributed by atoms with van der Waals surface area (Å²) in [7, 11) is 0. The van der Waals surface area contributed by atoms with Gasteiger partial charge in [-0.25, -0.2) is 0 Å². The molecule has 2 aliphatic rings. The van der Waals surface area contributed by atoms with E-state index in [4.69, 9.17) is 0 Å². The van der Waals surface area contributed by atoms with Crippen molar-refractivity contribution in [3.05, 3.63) is 96.1 Å². The Balaban J connectivity index is 1.90. The lowest BCUT2D eigenvalue weighted by Gasteiger charge is -2.39. The summed E-state index contributed by atoms with van der Waals surface area (Å²) in [5.74, 6) is 0.427. The summed E-state index contributed by atoms with van der Waals surface area (Å²) in [5.41, 5.74) is 7.47. The third kappa shape index (κ3) is 2.21. The summed E-state index contributed by atoms with van der Waals surface area (Å²) in [5, 5.41) is 0. The van der Waals surface area contributed by atoms with Crippen LogP contribution in [0.4, 0.5) is 0 Å². The number of benzene rings is 2. The van der Waals surface area contributed by atoms with Crippen LogP contribution in [0.2, 0.25) is 0 Å². The number of fused-ring (bicyclic) bond motifs is 3. The fraction of sp³-hybridized carbons (Fsp3) is 0.250. The highest BCUT2D eigenvalue weighted by molar-refractivity contribution is 5.79. The van der Waals surface area contributed by atoms with E-state index >= 15 is 0 Å². The van der Waals surface area contributed by atoms with Crippen LogP contribution in [0.1, 0.15) is 43.2 Å². The van der Waals surface area contributed by atoms with Crippen molar-refractivity contribution in [1.82, 2.24) is 0 Å². The molecule has 0 aromatic heterocycles. The van der Waals surface area contributed by atoms with Gasteiger partial charge in [0.1, 0.15) is 0 Å². The minimum atomic E-state index is 0.125. The molecule has 0 fully saturated rings. The van der Waals surface area contributed by atoms with Gasteiger partial charge >= 0.3 is 0 Å². The van der Waals surface area contributed by atoms with E-state index in [1.165, 1.54) is 22.3 Å². The maximum absolute atomic E-state index is 3.97. The van der Waals surface area contributed by atoms with Crippen LogP contribution in [0, 0.1) is 5.41 Å². The standard InChI is InChI=1S/C24H24/c1-3-4-17-24(2,18-11-5-6-12-18)23-21-15-9-7-13-19(21)20-14-8-10-16-22(20)23/h3,5-11,13-16,23H,1,4,12,17H2,2H3. The molecule has 0 bridgehead atoms. The topological polar surface area (TPSA) is 0 Å². The highest BCUT2D eigenvalue weighted by Crippen LogP contribution is 2.57. The Labute approximate surface area is 145 Å². The quantitative estimate of drug-likeness (QED) is 0.542. The van der Waals surface area contributed by atoms with Crippen LogP contribution in [0.5, 0.6) is 0 Å². The Morgan fingerprint density at radius 3 is 2.21 bits per heavy atom. The van der Waals surface area contributed by atoms with Gasteiger partial charge in [-0.1, -0.05) is 85.3 Å². The van der Waals surface area contributed by atoms with Gasteiger partial charge in [0.2, 0.25) is 0 Å². The lowest BCUT2D eigenvalue weighted by molar-refractivity contribution is 0.321. The van der Waals surface area contributed by atoms with Gasteiger partial charge in [-0.2, -0.15) is 0 Å². The fourth-order valence-electron chi connectivity index (χ4n) is 4.60. The number of rotatable bonds is 5. The summed E-state index contributed by atoms with van der Waals surface area (Å²) < 4.78 is 0. The zero-order chi connectivity index (χ0) is 16.6. The number of hydrogen-bond donors (Lipinski definition) is 0. The van der Waals surface area contributed by atoms with Crippen molar-refractivity contribution in [2.45, 2.75) is 32.1 Å². The second kappa shape index (κ2) is 5.94. The number of allylic oxidation sites excluding steroid dienone is 5. The van der Waals surface area contributed by atoms with Crippen molar-refractivity contribution in [3.8, 4) is 11.1 Å². The third-order valence-electron chi connectivity index (χ3n) is 5.84. The maximum atomic E-state index is 3.97. The molecule has 0 heterocycles. The van der Waals surface area contributed by atoms with Crippen LogP contribution in [-0.2, 0) is 0 Å². The van der Waals surface area contributed by atoms with Gasteiger partial charge in [0.05, 0.1) is 0 Å². The molecule has 0 aliphatic heterocycles. The van der Waals surface area contributed by atoms with E-state index in [2.05, 4.69) is 86.3 Å². The minimum Gasteiger partial charge on any atom is -0.103 e. The first-order chi connectivity index (χ1) is 11.8. The normalized spacial score (nSPS) is 18.0. The van der Waals surface area contributed by atoms with Crippen molar-refractivity contribution in [2.24, 2.45) is 5.41 Å². The zero-order valence-electron chi connectivity index (χ0n) is 14.3. The molecule has 2 aliphatic carbocycles. The molecule has 0 spiro atoms. The summed E-state index contributed by atoms with van der Waals surface area (Å²) in [4.78, 5) is 0. The zero-order valence-corrected chi connectivity index (χ0v) is 14.3. The van der Waals surface area contributed by atoms with E-state index < -0.39 is 0 Å². The van der Waals surface area contributed by atoms with Crippen LogP contribution in [0.3, 0.4) is 0 Å². The molecule has 2 aromatic carbocycles. The lowest BCUT2D eigenvalue weighted by atomic mass is 9.64. The Morgan fingerprint density at radius 1 is 1.04 bits per heavy atom. The van der Waals surface area contributed by atoms with Crippen LogP contribution in [0.25, 0.3) is 11.1 Å². The van der Waals surface area contributed by atoms with Gasteiger partial charge in [0.25, 0.3) is 0 Å². The summed E-state index contributed by atoms with van der Waals surface area (Å²) in [6.45, 7) is 6.43. The van der Waals surface area contributed by atoms with Gasteiger partial charge in [-0.15, -0.1) is 6.58 Å². The minimum absolute atomic E-state index is 0.125. The molecule has 0 radical (unpaired) electrons. The van der Waals surface area contributed by atoms with E-state index in [0.717, 1.165) is 19.3 Å². The van der Waals surface area contributed by atoms with Crippen LogP contribution in [0.15, 0.2) is 85.0 Å². The van der Waals surface area contributed by atoms with E-state index in [9.17, 15) is 0 Å². The molecule has 0 heteroatoms. The van der Waals surface area contributed by atoms with Gasteiger partial charge in [0.15, 0.2) is 0 Å². The Bertz CT molecular complexity index is 791. The predicted octanol–water partition coefficient (Wildman–Crippen LogP) is 6.66. The molecule has 0 nitrogen and oxygen atoms in total. The van der Waals surface area contributed by atoms with Crippen molar-refractivity contribution in [2.75, 3.05) is 0 Å². The van der Waals surface area contributed by atoms with Crippen molar-refractivity contribution >= 4 is 0 Å². The molecule has 1 unspecified atom stereocenters. The van der Waals surface area contributed by atoms with Crippen molar-refractivity contribution in [1.29, 1.82) is 0 Å². The van der Waals surface area contributed by atoms with E-state index in [0.29, 0.717) is 5.92 Å². The highest BCUT2D eigenvalue weighted by Gasteiger charge is 2.43. The first-order valence-electron chi connectivity index (χ1n) is 8.91. The smallest absolute Gasteiger partial charge is 0.0193 e. The van der Waals surface area contributed by atoms with Gasteiger partial charge in [0, 0.05) is 11.3 Å². The predicted molar refractivity (Wildman–Crippen MR) is 103 cm³/mol. The first kappa shape index (κ1) is 15.2. The molecule has 0 N–H and O–H groups in total. The molecule has 24 heavy (non-hydrogen) atoms. The van der Waals surface area contributed by atoms with Crippen molar-refractivity contribution < 1.29 is 0 Å². The Hall–Kier alpha value is -2.34. The monoisotopic (exact) mass is 312 g/mol. The molecule has 2 aromatic rings. The van der Waals surface area contributed by atoms with Gasteiger partial charge < -0.3 is 0 Å². The Morgan fingerprint density at radius 2 is 1.67 bits per heavy atom. The molecular formula is C24H24. The van der Waals surface area contributed by atoms with Gasteiger partial charge in [-0.05, 0) is 41.5 Å². The van der Waals surface area contributed by atoms with E-state index in [1.54, 1.807) is 5.57 Å². The summed E-state index contributed by atoms with van der Waals surface area (Å²) in [6, 6.07) is 17.9. The van der Waals surface area contributed by atoms with Crippen LogP contribution in [-0.4, -0.2) is 0 Å². The summed E-state index contributed by atoms with van der Waals surface area (Å²) >= 11 is 0. The third-order valence-corrected chi connectivity index (χ3v) is 5.84. The van der Waals surface area contributed by atoms with Crippen molar-refractivity contribution in [3.63, 3.8) is 0 Å². The lowest BCUT2D eigenvalue weighted by Crippen LogP contribution is -2.27. The first-order valence-corrected chi connectivity index (χ1v) is 8.91. The molecular weight excluding hydrogens is 288 g/mol. The number of hydrogen-bond acceptors (Lipinski definition) is 0.